The zero-order chi connectivity index (χ0) is 52.4. The van der Waals surface area contributed by atoms with Gasteiger partial charge in [0, 0.05) is 19.4 Å². The summed E-state index contributed by atoms with van der Waals surface area (Å²) in [5, 5.41) is 0. The molecular formula is C62H122NO8P. The quantitative estimate of drug-likeness (QED) is 0.0264. The van der Waals surface area contributed by atoms with E-state index in [1.165, 1.54) is 270 Å². The Morgan fingerprint density at radius 2 is 0.681 bits per heavy atom. The molecule has 0 aliphatic heterocycles. The summed E-state index contributed by atoms with van der Waals surface area (Å²) in [5.74, 6) is -0.808. The maximum Gasteiger partial charge on any atom is 0.472 e. The maximum atomic E-state index is 12.7. The van der Waals surface area contributed by atoms with Gasteiger partial charge in [0.1, 0.15) is 6.61 Å². The van der Waals surface area contributed by atoms with Gasteiger partial charge in [-0.15, -0.1) is 0 Å². The van der Waals surface area contributed by atoms with Crippen LogP contribution in [0.25, 0.3) is 0 Å². The highest BCUT2D eigenvalue weighted by Crippen LogP contribution is 2.43. The summed E-state index contributed by atoms with van der Waals surface area (Å²) in [7, 11) is -4.38. The molecule has 0 aromatic rings. The van der Waals surface area contributed by atoms with Crippen molar-refractivity contribution in [3.63, 3.8) is 0 Å². The van der Waals surface area contributed by atoms with Crippen LogP contribution in [-0.2, 0) is 32.7 Å². The zero-order valence-electron chi connectivity index (χ0n) is 48.0. The van der Waals surface area contributed by atoms with Gasteiger partial charge in [-0.1, -0.05) is 302 Å². The van der Waals surface area contributed by atoms with Crippen molar-refractivity contribution in [2.45, 2.75) is 347 Å². The minimum atomic E-state index is -4.38. The van der Waals surface area contributed by atoms with Crippen LogP contribution in [-0.4, -0.2) is 49.3 Å². The fraction of sp³-hybridized carbons (Fsp3) is 0.935. The lowest BCUT2D eigenvalue weighted by Gasteiger charge is -2.19. The molecule has 10 heteroatoms. The SMILES string of the molecule is CCCCCCCCCC/C=C\CCCCCCCCCCCC(=O)OC(COC(=O)CCCCCCCCCCCCCCCCCCCCCCCCCCCCCCCC)COP(=O)(O)OCCN. The summed E-state index contributed by atoms with van der Waals surface area (Å²) in [4.78, 5) is 35.2. The molecule has 2 atom stereocenters. The topological polar surface area (TPSA) is 134 Å². The van der Waals surface area contributed by atoms with Gasteiger partial charge in [-0.25, -0.2) is 4.57 Å². The molecule has 0 saturated carbocycles. The van der Waals surface area contributed by atoms with Crippen LogP contribution in [0.4, 0.5) is 0 Å². The molecular weight excluding hydrogens is 918 g/mol. The highest BCUT2D eigenvalue weighted by molar-refractivity contribution is 7.47. The summed E-state index contributed by atoms with van der Waals surface area (Å²) in [5.41, 5.74) is 5.39. The summed E-state index contributed by atoms with van der Waals surface area (Å²) < 4.78 is 33.1. The van der Waals surface area contributed by atoms with Crippen molar-refractivity contribution in [2.24, 2.45) is 5.73 Å². The summed E-state index contributed by atoms with van der Waals surface area (Å²) in [6.45, 7) is 3.81. The summed E-state index contributed by atoms with van der Waals surface area (Å²) in [6.07, 6.45) is 68.6. The second-order valence-electron chi connectivity index (χ2n) is 21.6. The number of phosphoric ester groups is 1. The van der Waals surface area contributed by atoms with E-state index in [0.717, 1.165) is 38.5 Å². The van der Waals surface area contributed by atoms with E-state index in [1.807, 2.05) is 0 Å². The second-order valence-corrected chi connectivity index (χ2v) is 23.1. The number of allylic oxidation sites excluding steroid dienone is 2. The largest absolute Gasteiger partial charge is 0.472 e. The number of carbonyl (C=O) groups is 2. The minimum Gasteiger partial charge on any atom is -0.462 e. The highest BCUT2D eigenvalue weighted by Gasteiger charge is 2.26. The van der Waals surface area contributed by atoms with Crippen molar-refractivity contribution >= 4 is 19.8 Å². The fourth-order valence-electron chi connectivity index (χ4n) is 9.69. The van der Waals surface area contributed by atoms with Gasteiger partial charge in [-0.05, 0) is 38.5 Å². The third-order valence-corrected chi connectivity index (χ3v) is 15.4. The third-order valence-electron chi connectivity index (χ3n) is 14.4. The number of hydrogen-bond donors (Lipinski definition) is 2. The molecule has 0 bridgehead atoms. The predicted octanol–water partition coefficient (Wildman–Crippen LogP) is 20.0. The Morgan fingerprint density at radius 3 is 0.986 bits per heavy atom. The normalized spacial score (nSPS) is 13.0. The molecule has 72 heavy (non-hydrogen) atoms. The van der Waals surface area contributed by atoms with Crippen LogP contribution in [0.2, 0.25) is 0 Å². The lowest BCUT2D eigenvalue weighted by atomic mass is 10.0. The molecule has 3 N–H and O–H groups in total. The van der Waals surface area contributed by atoms with Crippen LogP contribution in [0.3, 0.4) is 0 Å². The van der Waals surface area contributed by atoms with Gasteiger partial charge in [0.2, 0.25) is 0 Å². The van der Waals surface area contributed by atoms with Crippen molar-refractivity contribution < 1.29 is 37.6 Å². The van der Waals surface area contributed by atoms with Crippen molar-refractivity contribution in [2.75, 3.05) is 26.4 Å². The molecule has 0 aromatic carbocycles. The van der Waals surface area contributed by atoms with Gasteiger partial charge >= 0.3 is 19.8 Å². The van der Waals surface area contributed by atoms with E-state index in [4.69, 9.17) is 24.3 Å². The summed E-state index contributed by atoms with van der Waals surface area (Å²) >= 11 is 0. The van der Waals surface area contributed by atoms with E-state index < -0.39 is 26.5 Å². The number of rotatable bonds is 61. The number of hydrogen-bond acceptors (Lipinski definition) is 8. The van der Waals surface area contributed by atoms with E-state index in [-0.39, 0.29) is 38.6 Å². The third kappa shape index (κ3) is 58.0. The number of unbranched alkanes of at least 4 members (excludes halogenated alkanes) is 46. The standard InChI is InChI=1S/C62H122NO8P/c1-3-5-7-9-11-13-15-17-19-21-23-25-26-27-28-29-30-31-32-33-35-36-38-40-42-44-46-48-50-52-54-61(64)68-58-60(59-70-72(66,67)69-57-56-63)71-62(65)55-53-51-49-47-45-43-41-39-37-34-24-22-20-18-16-14-12-10-8-6-4-2/h22,24,60H,3-21,23,25-59,63H2,1-2H3,(H,66,67)/b24-22-. The van der Waals surface area contributed by atoms with E-state index in [1.54, 1.807) is 0 Å². The van der Waals surface area contributed by atoms with Crippen LogP contribution in [0.1, 0.15) is 341 Å². The number of ether oxygens (including phenoxy) is 2. The lowest BCUT2D eigenvalue weighted by Crippen LogP contribution is -2.29. The van der Waals surface area contributed by atoms with Crippen LogP contribution >= 0.6 is 7.82 Å². The smallest absolute Gasteiger partial charge is 0.462 e. The van der Waals surface area contributed by atoms with Gasteiger partial charge in [0.05, 0.1) is 13.2 Å². The molecule has 428 valence electrons. The first-order valence-electron chi connectivity index (χ1n) is 31.7. The van der Waals surface area contributed by atoms with Gasteiger partial charge in [-0.3, -0.25) is 18.6 Å². The molecule has 0 aliphatic rings. The van der Waals surface area contributed by atoms with E-state index in [2.05, 4.69) is 26.0 Å². The van der Waals surface area contributed by atoms with Crippen molar-refractivity contribution in [1.29, 1.82) is 0 Å². The Kier molecular flexibility index (Phi) is 58.0. The Balaban J connectivity index is 3.84. The van der Waals surface area contributed by atoms with Crippen molar-refractivity contribution in [3.8, 4) is 0 Å². The molecule has 0 spiro atoms. The van der Waals surface area contributed by atoms with E-state index >= 15 is 0 Å². The van der Waals surface area contributed by atoms with E-state index in [9.17, 15) is 19.0 Å². The number of carbonyl (C=O) groups excluding carboxylic acids is 2. The molecule has 0 radical (unpaired) electrons. The minimum absolute atomic E-state index is 0.0565. The number of nitrogens with two attached hydrogens (primary N) is 1. The Labute approximate surface area is 447 Å². The second kappa shape index (κ2) is 59.0. The first-order chi connectivity index (χ1) is 35.3. The van der Waals surface area contributed by atoms with Crippen LogP contribution in [0, 0.1) is 0 Å². The lowest BCUT2D eigenvalue weighted by molar-refractivity contribution is -0.161. The molecule has 0 saturated heterocycles. The van der Waals surface area contributed by atoms with Crippen LogP contribution < -0.4 is 5.73 Å². The fourth-order valence-corrected chi connectivity index (χ4v) is 10.5. The number of esters is 2. The van der Waals surface area contributed by atoms with E-state index in [0.29, 0.717) is 6.42 Å². The Hall–Kier alpha value is -1.25. The highest BCUT2D eigenvalue weighted by atomic mass is 31.2. The van der Waals surface area contributed by atoms with Crippen LogP contribution in [0.15, 0.2) is 12.2 Å². The molecule has 0 amide bonds. The molecule has 0 rings (SSSR count). The van der Waals surface area contributed by atoms with Crippen molar-refractivity contribution in [3.05, 3.63) is 12.2 Å². The average molecular weight is 1040 g/mol. The molecule has 0 aromatic heterocycles. The molecule has 0 heterocycles. The van der Waals surface area contributed by atoms with Gasteiger partial charge < -0.3 is 20.1 Å². The monoisotopic (exact) mass is 1040 g/mol. The number of phosphoric acid groups is 1. The first-order valence-corrected chi connectivity index (χ1v) is 33.2. The zero-order valence-corrected chi connectivity index (χ0v) is 48.8. The summed E-state index contributed by atoms with van der Waals surface area (Å²) in [6, 6.07) is 0. The predicted molar refractivity (Wildman–Crippen MR) is 308 cm³/mol. The molecule has 9 nitrogen and oxygen atoms in total. The van der Waals surface area contributed by atoms with Gasteiger partial charge in [0.15, 0.2) is 6.10 Å². The van der Waals surface area contributed by atoms with Crippen LogP contribution in [0.5, 0.6) is 0 Å². The Bertz CT molecular complexity index is 1190. The Morgan fingerprint density at radius 1 is 0.403 bits per heavy atom. The maximum absolute atomic E-state index is 12.7. The molecule has 0 fully saturated rings. The van der Waals surface area contributed by atoms with Gasteiger partial charge in [0.25, 0.3) is 0 Å². The molecule has 2 unspecified atom stereocenters. The first kappa shape index (κ1) is 70.8. The molecule has 0 aliphatic carbocycles. The van der Waals surface area contributed by atoms with Crippen molar-refractivity contribution in [1.82, 2.24) is 0 Å². The average Bonchev–Trinajstić information content (AvgIpc) is 3.37. The van der Waals surface area contributed by atoms with Gasteiger partial charge in [-0.2, -0.15) is 0 Å².